The number of carbonyl (C=O) groups excluding carboxylic acids is 1. The Hall–Kier alpha value is -1.43. The Bertz CT molecular complexity index is 464. The summed E-state index contributed by atoms with van der Waals surface area (Å²) in [6.07, 6.45) is 0.622. The molecule has 0 amide bonds. The molecule has 3 rings (SSSR count). The lowest BCUT2D eigenvalue weighted by atomic mass is 9.97. The minimum absolute atomic E-state index is 0.175. The monoisotopic (exact) mass is 263 g/mol. The van der Waals surface area contributed by atoms with Gasteiger partial charge in [0, 0.05) is 13.0 Å². The molecule has 0 bridgehead atoms. The second-order valence-electron chi connectivity index (χ2n) is 5.11. The summed E-state index contributed by atoms with van der Waals surface area (Å²) < 4.78 is 10.9. The molecule has 2 saturated heterocycles. The van der Waals surface area contributed by atoms with E-state index in [9.17, 15) is 9.90 Å². The fraction of sp³-hybridized carbons (Fsp3) is 0.500. The zero-order valence-corrected chi connectivity index (χ0v) is 10.5. The summed E-state index contributed by atoms with van der Waals surface area (Å²) in [5, 5.41) is 13.4. The molecule has 5 heteroatoms. The van der Waals surface area contributed by atoms with Gasteiger partial charge in [0.15, 0.2) is 0 Å². The summed E-state index contributed by atoms with van der Waals surface area (Å²) >= 11 is 0. The highest BCUT2D eigenvalue weighted by atomic mass is 16.6. The second kappa shape index (κ2) is 4.92. The number of hydrogen-bond donors (Lipinski definition) is 2. The lowest BCUT2D eigenvalue weighted by Gasteiger charge is -2.18. The van der Waals surface area contributed by atoms with Gasteiger partial charge in [-0.3, -0.25) is 5.32 Å². The number of carbonyl (C=O) groups is 1. The van der Waals surface area contributed by atoms with Gasteiger partial charge in [0.1, 0.15) is 18.4 Å². The van der Waals surface area contributed by atoms with E-state index in [4.69, 9.17) is 9.47 Å². The van der Waals surface area contributed by atoms with Gasteiger partial charge in [-0.05, 0) is 18.6 Å². The number of hydrogen-bond acceptors (Lipinski definition) is 5. The van der Waals surface area contributed by atoms with E-state index in [1.807, 2.05) is 6.07 Å². The van der Waals surface area contributed by atoms with Gasteiger partial charge in [-0.25, -0.2) is 4.79 Å². The molecular weight excluding hydrogens is 246 g/mol. The molecule has 0 spiro atoms. The van der Waals surface area contributed by atoms with E-state index in [0.29, 0.717) is 18.4 Å². The van der Waals surface area contributed by atoms with Gasteiger partial charge in [-0.2, -0.15) is 0 Å². The van der Waals surface area contributed by atoms with E-state index in [0.717, 1.165) is 6.54 Å². The molecule has 2 aliphatic heterocycles. The average Bonchev–Trinajstić information content (AvgIpc) is 2.91. The van der Waals surface area contributed by atoms with Crippen molar-refractivity contribution in [2.24, 2.45) is 0 Å². The van der Waals surface area contributed by atoms with Crippen molar-refractivity contribution >= 4 is 5.97 Å². The molecule has 1 aromatic carbocycles. The minimum atomic E-state index is -0.802. The molecule has 2 aliphatic rings. The number of nitrogens with one attached hydrogen (secondary N) is 1. The zero-order valence-electron chi connectivity index (χ0n) is 10.5. The van der Waals surface area contributed by atoms with Crippen molar-refractivity contribution in [1.29, 1.82) is 0 Å². The third-order valence-corrected chi connectivity index (χ3v) is 3.70. The third kappa shape index (κ3) is 2.49. The van der Waals surface area contributed by atoms with Gasteiger partial charge in [0.2, 0.25) is 0 Å². The summed E-state index contributed by atoms with van der Waals surface area (Å²) in [4.78, 5) is 11.8. The Labute approximate surface area is 111 Å². The van der Waals surface area contributed by atoms with Gasteiger partial charge >= 0.3 is 5.97 Å². The molecule has 3 atom stereocenters. The molecule has 5 nitrogen and oxygen atoms in total. The topological polar surface area (TPSA) is 67.8 Å². The summed E-state index contributed by atoms with van der Waals surface area (Å²) in [6.45, 7) is 0.936. The maximum absolute atomic E-state index is 11.8. The largest absolute Gasteiger partial charge is 0.459 e. The number of ether oxygens (including phenoxy) is 2. The Morgan fingerprint density at radius 1 is 1.47 bits per heavy atom. The van der Waals surface area contributed by atoms with E-state index < -0.39 is 5.60 Å². The quantitative estimate of drug-likeness (QED) is 0.785. The van der Waals surface area contributed by atoms with Crippen LogP contribution in [0.3, 0.4) is 0 Å². The number of aliphatic hydroxyl groups is 1. The van der Waals surface area contributed by atoms with Crippen LogP contribution >= 0.6 is 0 Å². The lowest BCUT2D eigenvalue weighted by molar-refractivity contribution is -0.0477. The SMILES string of the molecule is O=C(OC[C@@H]1C[C@@]2(O)CCN[C@H]2O1)c1ccccc1. The molecule has 0 aliphatic carbocycles. The van der Waals surface area contributed by atoms with Crippen LogP contribution in [-0.4, -0.2) is 42.2 Å². The average molecular weight is 263 g/mol. The van der Waals surface area contributed by atoms with E-state index in [2.05, 4.69) is 5.32 Å². The highest BCUT2D eigenvalue weighted by molar-refractivity contribution is 5.89. The number of rotatable bonds is 3. The molecule has 2 N–H and O–H groups in total. The molecule has 1 aromatic rings. The molecule has 0 aromatic heterocycles. The van der Waals surface area contributed by atoms with Crippen LogP contribution < -0.4 is 5.32 Å². The van der Waals surface area contributed by atoms with Crippen molar-refractivity contribution in [2.75, 3.05) is 13.2 Å². The fourth-order valence-electron chi connectivity index (χ4n) is 2.68. The molecule has 19 heavy (non-hydrogen) atoms. The highest BCUT2D eigenvalue weighted by Crippen LogP contribution is 2.35. The second-order valence-corrected chi connectivity index (χ2v) is 5.11. The van der Waals surface area contributed by atoms with Gasteiger partial charge in [0.25, 0.3) is 0 Å². The van der Waals surface area contributed by atoms with Gasteiger partial charge < -0.3 is 14.6 Å². The van der Waals surface area contributed by atoms with Crippen LogP contribution in [0.1, 0.15) is 23.2 Å². The van der Waals surface area contributed by atoms with Crippen LogP contribution in [0.2, 0.25) is 0 Å². The Balaban J connectivity index is 1.53. The number of benzene rings is 1. The van der Waals surface area contributed by atoms with Crippen molar-refractivity contribution in [2.45, 2.75) is 30.8 Å². The molecule has 0 saturated carbocycles. The third-order valence-electron chi connectivity index (χ3n) is 3.70. The van der Waals surface area contributed by atoms with Gasteiger partial charge in [0.05, 0.1) is 11.7 Å². The first kappa shape index (κ1) is 12.6. The Morgan fingerprint density at radius 3 is 3.00 bits per heavy atom. The van der Waals surface area contributed by atoms with Gasteiger partial charge in [-0.1, -0.05) is 18.2 Å². The van der Waals surface area contributed by atoms with Crippen molar-refractivity contribution in [3.8, 4) is 0 Å². The first-order valence-corrected chi connectivity index (χ1v) is 6.51. The molecule has 2 heterocycles. The smallest absolute Gasteiger partial charge is 0.338 e. The molecular formula is C14H17NO4. The van der Waals surface area contributed by atoms with Crippen LogP contribution in [0.5, 0.6) is 0 Å². The van der Waals surface area contributed by atoms with Crippen molar-refractivity contribution in [1.82, 2.24) is 5.32 Å². The summed E-state index contributed by atoms with van der Waals surface area (Å²) in [6, 6.07) is 8.85. The normalized spacial score (nSPS) is 33.1. The van der Waals surface area contributed by atoms with E-state index >= 15 is 0 Å². The number of esters is 1. The van der Waals surface area contributed by atoms with Crippen LogP contribution in [0.15, 0.2) is 30.3 Å². The Kier molecular flexibility index (Phi) is 3.26. The van der Waals surface area contributed by atoms with Crippen LogP contribution in [-0.2, 0) is 9.47 Å². The standard InChI is InChI=1S/C14H17NO4/c16-12(10-4-2-1-3-5-10)18-9-11-8-14(17)6-7-15-13(14)19-11/h1-5,11,13,15,17H,6-9H2/t11-,13-,14-/m0/s1. The zero-order chi connectivity index (χ0) is 13.3. The van der Waals surface area contributed by atoms with Crippen LogP contribution in [0.4, 0.5) is 0 Å². The number of fused-ring (bicyclic) bond motifs is 1. The van der Waals surface area contributed by atoms with Crippen LogP contribution in [0, 0.1) is 0 Å². The Morgan fingerprint density at radius 2 is 2.26 bits per heavy atom. The lowest BCUT2D eigenvalue weighted by Crippen LogP contribution is -2.38. The first-order valence-electron chi connectivity index (χ1n) is 6.51. The van der Waals surface area contributed by atoms with Gasteiger partial charge in [-0.15, -0.1) is 0 Å². The van der Waals surface area contributed by atoms with Crippen molar-refractivity contribution in [3.63, 3.8) is 0 Å². The highest BCUT2D eigenvalue weighted by Gasteiger charge is 2.50. The predicted molar refractivity (Wildman–Crippen MR) is 67.6 cm³/mol. The summed E-state index contributed by atoms with van der Waals surface area (Å²) in [7, 11) is 0. The summed E-state index contributed by atoms with van der Waals surface area (Å²) in [5.41, 5.74) is -0.276. The molecule has 102 valence electrons. The summed E-state index contributed by atoms with van der Waals surface area (Å²) in [5.74, 6) is -0.360. The van der Waals surface area contributed by atoms with E-state index in [1.165, 1.54) is 0 Å². The first-order chi connectivity index (χ1) is 9.17. The maximum Gasteiger partial charge on any atom is 0.338 e. The van der Waals surface area contributed by atoms with Crippen LogP contribution in [0.25, 0.3) is 0 Å². The molecule has 0 radical (unpaired) electrons. The molecule has 0 unspecified atom stereocenters. The minimum Gasteiger partial charge on any atom is -0.459 e. The molecule has 2 fully saturated rings. The van der Waals surface area contributed by atoms with Crippen molar-refractivity contribution in [3.05, 3.63) is 35.9 Å². The van der Waals surface area contributed by atoms with E-state index in [-0.39, 0.29) is 24.9 Å². The maximum atomic E-state index is 11.8. The predicted octanol–water partition coefficient (Wildman–Crippen LogP) is 0.683. The van der Waals surface area contributed by atoms with E-state index in [1.54, 1.807) is 24.3 Å². The van der Waals surface area contributed by atoms with Crippen molar-refractivity contribution < 1.29 is 19.4 Å². The fourth-order valence-corrected chi connectivity index (χ4v) is 2.68.